The lowest BCUT2D eigenvalue weighted by Gasteiger charge is -2.09. The molecule has 6 heteroatoms. The highest BCUT2D eigenvalue weighted by molar-refractivity contribution is 5.76. The maximum atomic E-state index is 11.9. The van der Waals surface area contributed by atoms with Crippen LogP contribution in [-0.2, 0) is 17.6 Å². The summed E-state index contributed by atoms with van der Waals surface area (Å²) in [6.07, 6.45) is 1.37. The quantitative estimate of drug-likeness (QED) is 0.582. The SMILES string of the molecule is COc1cc(CCC(=O)NCCc2ccc(O)cc2)cc(O)c1O. The van der Waals surface area contributed by atoms with Crippen LogP contribution >= 0.6 is 0 Å². The Labute approximate surface area is 140 Å². The van der Waals surface area contributed by atoms with Crippen LogP contribution in [-0.4, -0.2) is 34.9 Å². The number of benzene rings is 2. The number of phenolic OH excluding ortho intramolecular Hbond substituents is 3. The summed E-state index contributed by atoms with van der Waals surface area (Å²) in [6, 6.07) is 9.87. The predicted molar refractivity (Wildman–Crippen MR) is 89.5 cm³/mol. The van der Waals surface area contributed by atoms with E-state index in [0.717, 1.165) is 5.56 Å². The van der Waals surface area contributed by atoms with E-state index in [1.54, 1.807) is 18.2 Å². The van der Waals surface area contributed by atoms with Crippen LogP contribution in [0.25, 0.3) is 0 Å². The van der Waals surface area contributed by atoms with Gasteiger partial charge in [-0.15, -0.1) is 0 Å². The molecule has 0 saturated heterocycles. The maximum Gasteiger partial charge on any atom is 0.220 e. The van der Waals surface area contributed by atoms with E-state index in [1.165, 1.54) is 13.2 Å². The van der Waals surface area contributed by atoms with Crippen molar-refractivity contribution in [1.29, 1.82) is 0 Å². The molecule has 0 aliphatic rings. The van der Waals surface area contributed by atoms with Crippen LogP contribution in [0.3, 0.4) is 0 Å². The monoisotopic (exact) mass is 331 g/mol. The molecule has 0 aliphatic carbocycles. The van der Waals surface area contributed by atoms with Crippen molar-refractivity contribution >= 4 is 5.91 Å². The molecule has 0 saturated carbocycles. The second-order valence-corrected chi connectivity index (χ2v) is 5.43. The van der Waals surface area contributed by atoms with Crippen molar-refractivity contribution in [3.8, 4) is 23.0 Å². The van der Waals surface area contributed by atoms with E-state index in [-0.39, 0.29) is 35.3 Å². The van der Waals surface area contributed by atoms with Crippen LogP contribution < -0.4 is 10.1 Å². The third-order valence-electron chi connectivity index (χ3n) is 3.65. The highest BCUT2D eigenvalue weighted by atomic mass is 16.5. The van der Waals surface area contributed by atoms with Gasteiger partial charge in [-0.05, 0) is 48.2 Å². The van der Waals surface area contributed by atoms with Crippen LogP contribution in [0.2, 0.25) is 0 Å². The highest BCUT2D eigenvalue weighted by Crippen LogP contribution is 2.36. The third kappa shape index (κ3) is 4.81. The molecular formula is C18H21NO5. The van der Waals surface area contributed by atoms with Crippen molar-refractivity contribution in [2.75, 3.05) is 13.7 Å². The van der Waals surface area contributed by atoms with Crippen LogP contribution in [0.4, 0.5) is 0 Å². The summed E-state index contributed by atoms with van der Waals surface area (Å²) in [5.41, 5.74) is 1.73. The van der Waals surface area contributed by atoms with Crippen LogP contribution in [0.1, 0.15) is 17.5 Å². The molecule has 0 bridgehead atoms. The molecule has 0 spiro atoms. The zero-order valence-corrected chi connectivity index (χ0v) is 13.5. The first kappa shape index (κ1) is 17.5. The summed E-state index contributed by atoms with van der Waals surface area (Å²) >= 11 is 0. The Kier molecular flexibility index (Phi) is 5.89. The molecule has 4 N–H and O–H groups in total. The molecule has 2 aromatic carbocycles. The normalized spacial score (nSPS) is 10.4. The zero-order chi connectivity index (χ0) is 17.5. The molecule has 0 aliphatic heterocycles. The Morgan fingerprint density at radius 3 is 2.42 bits per heavy atom. The van der Waals surface area contributed by atoms with Crippen molar-refractivity contribution in [3.05, 3.63) is 47.5 Å². The topological polar surface area (TPSA) is 99.0 Å². The number of carbonyl (C=O) groups excluding carboxylic acids is 1. The van der Waals surface area contributed by atoms with Crippen LogP contribution in [0.5, 0.6) is 23.0 Å². The van der Waals surface area contributed by atoms with Gasteiger partial charge < -0.3 is 25.4 Å². The molecule has 0 aromatic heterocycles. The molecule has 0 unspecified atom stereocenters. The lowest BCUT2D eigenvalue weighted by molar-refractivity contribution is -0.121. The lowest BCUT2D eigenvalue weighted by atomic mass is 10.1. The van der Waals surface area contributed by atoms with Gasteiger partial charge in [0.1, 0.15) is 5.75 Å². The number of aryl methyl sites for hydroxylation is 1. The van der Waals surface area contributed by atoms with Gasteiger partial charge in [-0.3, -0.25) is 4.79 Å². The summed E-state index contributed by atoms with van der Waals surface area (Å²) in [5.74, 6) is -0.273. The van der Waals surface area contributed by atoms with Crippen molar-refractivity contribution in [3.63, 3.8) is 0 Å². The van der Waals surface area contributed by atoms with E-state index in [1.807, 2.05) is 12.1 Å². The first-order valence-corrected chi connectivity index (χ1v) is 7.63. The van der Waals surface area contributed by atoms with E-state index in [9.17, 15) is 20.1 Å². The molecule has 0 radical (unpaired) electrons. The van der Waals surface area contributed by atoms with Gasteiger partial charge in [-0.1, -0.05) is 12.1 Å². The van der Waals surface area contributed by atoms with Gasteiger partial charge in [0.25, 0.3) is 0 Å². The second-order valence-electron chi connectivity index (χ2n) is 5.43. The van der Waals surface area contributed by atoms with Crippen molar-refractivity contribution < 1.29 is 24.9 Å². The second kappa shape index (κ2) is 8.10. The lowest BCUT2D eigenvalue weighted by Crippen LogP contribution is -2.25. The van der Waals surface area contributed by atoms with E-state index in [2.05, 4.69) is 5.32 Å². The van der Waals surface area contributed by atoms with E-state index < -0.39 is 0 Å². The summed E-state index contributed by atoms with van der Waals surface area (Å²) < 4.78 is 4.97. The maximum absolute atomic E-state index is 11.9. The Morgan fingerprint density at radius 2 is 1.75 bits per heavy atom. The Hall–Kier alpha value is -2.89. The van der Waals surface area contributed by atoms with Crippen LogP contribution in [0.15, 0.2) is 36.4 Å². The molecule has 24 heavy (non-hydrogen) atoms. The molecule has 6 nitrogen and oxygen atoms in total. The Morgan fingerprint density at radius 1 is 1.04 bits per heavy atom. The van der Waals surface area contributed by atoms with Crippen LogP contribution in [0, 0.1) is 0 Å². The van der Waals surface area contributed by atoms with Crippen molar-refractivity contribution in [1.82, 2.24) is 5.32 Å². The fourth-order valence-corrected chi connectivity index (χ4v) is 2.30. The van der Waals surface area contributed by atoms with Gasteiger partial charge in [0, 0.05) is 13.0 Å². The van der Waals surface area contributed by atoms with E-state index in [0.29, 0.717) is 24.9 Å². The van der Waals surface area contributed by atoms with Crippen molar-refractivity contribution in [2.45, 2.75) is 19.3 Å². The van der Waals surface area contributed by atoms with Gasteiger partial charge >= 0.3 is 0 Å². The number of phenols is 3. The number of ether oxygens (including phenoxy) is 1. The number of aromatic hydroxyl groups is 3. The predicted octanol–water partition coefficient (Wildman–Crippen LogP) is 2.10. The number of nitrogens with one attached hydrogen (secondary N) is 1. The molecule has 0 heterocycles. The third-order valence-corrected chi connectivity index (χ3v) is 3.65. The number of hydrogen-bond donors (Lipinski definition) is 4. The van der Waals surface area contributed by atoms with E-state index >= 15 is 0 Å². The average molecular weight is 331 g/mol. The van der Waals surface area contributed by atoms with Gasteiger partial charge in [0.15, 0.2) is 11.5 Å². The average Bonchev–Trinajstić information content (AvgIpc) is 2.57. The van der Waals surface area contributed by atoms with Gasteiger partial charge in [-0.2, -0.15) is 0 Å². The molecular weight excluding hydrogens is 310 g/mol. The molecule has 2 aromatic rings. The number of methoxy groups -OCH3 is 1. The molecule has 0 atom stereocenters. The fourth-order valence-electron chi connectivity index (χ4n) is 2.30. The minimum atomic E-state index is -0.306. The fraction of sp³-hybridized carbons (Fsp3) is 0.278. The molecule has 1 amide bonds. The number of rotatable bonds is 7. The first-order valence-electron chi connectivity index (χ1n) is 7.63. The molecule has 0 fully saturated rings. The minimum Gasteiger partial charge on any atom is -0.508 e. The summed E-state index contributed by atoms with van der Waals surface area (Å²) in [6.45, 7) is 0.508. The summed E-state index contributed by atoms with van der Waals surface area (Å²) in [4.78, 5) is 11.9. The van der Waals surface area contributed by atoms with E-state index in [4.69, 9.17) is 4.74 Å². The van der Waals surface area contributed by atoms with Crippen molar-refractivity contribution in [2.24, 2.45) is 0 Å². The first-order chi connectivity index (χ1) is 11.5. The Bertz CT molecular complexity index is 697. The summed E-state index contributed by atoms with van der Waals surface area (Å²) in [7, 11) is 1.40. The minimum absolute atomic E-state index is 0.0969. The molecule has 2 rings (SSSR count). The Balaban J connectivity index is 1.79. The smallest absolute Gasteiger partial charge is 0.220 e. The van der Waals surface area contributed by atoms with Gasteiger partial charge in [-0.25, -0.2) is 0 Å². The van der Waals surface area contributed by atoms with Gasteiger partial charge in [0.2, 0.25) is 11.7 Å². The summed E-state index contributed by atoms with van der Waals surface area (Å²) in [5, 5.41) is 31.2. The number of amides is 1. The highest BCUT2D eigenvalue weighted by Gasteiger charge is 2.10. The number of carbonyl (C=O) groups is 1. The largest absolute Gasteiger partial charge is 0.508 e. The number of hydrogen-bond acceptors (Lipinski definition) is 5. The zero-order valence-electron chi connectivity index (χ0n) is 13.5. The standard InChI is InChI=1S/C18H21NO5/c1-24-16-11-13(10-15(21)18(16)23)4-7-17(22)19-9-8-12-2-5-14(20)6-3-12/h2-3,5-6,10-11,20-21,23H,4,7-9H2,1H3,(H,19,22). The molecule has 128 valence electrons. The van der Waals surface area contributed by atoms with Gasteiger partial charge in [0.05, 0.1) is 7.11 Å².